The number of halogens is 1. The first kappa shape index (κ1) is 26.9. The molecule has 1 saturated heterocycles. The van der Waals surface area contributed by atoms with Crippen LogP contribution in [-0.4, -0.2) is 52.2 Å². The summed E-state index contributed by atoms with van der Waals surface area (Å²) in [7, 11) is 0. The number of carbonyl (C=O) groups is 1. The van der Waals surface area contributed by atoms with Crippen molar-refractivity contribution in [2.24, 2.45) is 5.92 Å². The molecule has 2 fully saturated rings. The number of nitrogens with zero attached hydrogens (tertiary/aromatic N) is 2. The zero-order chi connectivity index (χ0) is 25.5. The maximum absolute atomic E-state index is 13.2. The first-order valence-electron chi connectivity index (χ1n) is 13.3. The molecule has 1 amide bonds. The van der Waals surface area contributed by atoms with Crippen molar-refractivity contribution in [1.29, 1.82) is 0 Å². The highest BCUT2D eigenvalue weighted by atomic mass is 35.5. The second kappa shape index (κ2) is 12.9. The van der Waals surface area contributed by atoms with Crippen LogP contribution in [-0.2, 0) is 11.3 Å². The number of nitrogens with one attached hydrogen (secondary N) is 2. The van der Waals surface area contributed by atoms with E-state index in [0.29, 0.717) is 24.9 Å². The van der Waals surface area contributed by atoms with Crippen molar-refractivity contribution in [3.05, 3.63) is 51.2 Å². The standard InChI is InChI=1S/C27H39ClN4O4/c1-19-18-32(27(35)31(19)15-6-16-36-22-11-13-29-14-12-22)21-9-10-24(28)23(17-21)26(34)30-25(33)20-7-4-2-3-5-8-20/h9-10,17-18,20,22,25,29,33H,2-8,11-16H2,1H3,(H,30,34). The molecule has 0 bridgehead atoms. The molecule has 0 radical (unpaired) electrons. The summed E-state index contributed by atoms with van der Waals surface area (Å²) in [5.74, 6) is -0.380. The third-order valence-corrected chi connectivity index (χ3v) is 7.77. The number of hydrogen-bond donors (Lipinski definition) is 3. The van der Waals surface area contributed by atoms with Gasteiger partial charge in [-0.3, -0.25) is 13.9 Å². The Bertz CT molecular complexity index is 1070. The fourth-order valence-corrected chi connectivity index (χ4v) is 5.48. The van der Waals surface area contributed by atoms with Gasteiger partial charge in [0.2, 0.25) is 0 Å². The topological polar surface area (TPSA) is 97.5 Å². The zero-order valence-electron chi connectivity index (χ0n) is 21.2. The van der Waals surface area contributed by atoms with Crippen LogP contribution in [0.2, 0.25) is 5.02 Å². The molecule has 3 N–H and O–H groups in total. The molecule has 2 aromatic rings. The van der Waals surface area contributed by atoms with Gasteiger partial charge in [-0.2, -0.15) is 0 Å². The summed E-state index contributed by atoms with van der Waals surface area (Å²) >= 11 is 6.35. The van der Waals surface area contributed by atoms with E-state index < -0.39 is 12.1 Å². The third-order valence-electron chi connectivity index (χ3n) is 7.44. The van der Waals surface area contributed by atoms with Gasteiger partial charge in [0.05, 0.1) is 22.4 Å². The van der Waals surface area contributed by atoms with Crippen molar-refractivity contribution >= 4 is 17.5 Å². The normalized spacial score (nSPS) is 18.6. The van der Waals surface area contributed by atoms with Gasteiger partial charge in [0.25, 0.3) is 5.91 Å². The van der Waals surface area contributed by atoms with Crippen molar-refractivity contribution < 1.29 is 14.6 Å². The number of benzene rings is 1. The summed E-state index contributed by atoms with van der Waals surface area (Å²) in [6.45, 7) is 5.07. The predicted molar refractivity (Wildman–Crippen MR) is 141 cm³/mol. The lowest BCUT2D eigenvalue weighted by molar-refractivity contribution is 0.0300. The van der Waals surface area contributed by atoms with Gasteiger partial charge in [0.1, 0.15) is 6.23 Å². The zero-order valence-corrected chi connectivity index (χ0v) is 21.9. The lowest BCUT2D eigenvalue weighted by atomic mass is 9.98. The van der Waals surface area contributed by atoms with Crippen LogP contribution in [0.25, 0.3) is 5.69 Å². The second-order valence-corrected chi connectivity index (χ2v) is 10.5. The Morgan fingerprint density at radius 1 is 1.19 bits per heavy atom. The molecule has 8 nitrogen and oxygen atoms in total. The van der Waals surface area contributed by atoms with Crippen LogP contribution in [0, 0.1) is 12.8 Å². The van der Waals surface area contributed by atoms with Crippen LogP contribution in [0.15, 0.2) is 29.2 Å². The average Bonchev–Trinajstić information content (AvgIpc) is 3.05. The van der Waals surface area contributed by atoms with Crippen molar-refractivity contribution in [2.75, 3.05) is 19.7 Å². The Morgan fingerprint density at radius 3 is 2.64 bits per heavy atom. The number of aliphatic hydroxyl groups excluding tert-OH is 1. The Kier molecular flexibility index (Phi) is 9.65. The van der Waals surface area contributed by atoms with Gasteiger partial charge < -0.3 is 20.5 Å². The summed E-state index contributed by atoms with van der Waals surface area (Å²) in [5.41, 5.74) is 1.48. The van der Waals surface area contributed by atoms with Crippen LogP contribution in [0.3, 0.4) is 0 Å². The number of carbonyl (C=O) groups excluding carboxylic acids is 1. The number of piperidine rings is 1. The molecule has 1 saturated carbocycles. The van der Waals surface area contributed by atoms with Crippen LogP contribution in [0.4, 0.5) is 0 Å². The molecule has 36 heavy (non-hydrogen) atoms. The minimum atomic E-state index is -0.909. The fourth-order valence-electron chi connectivity index (χ4n) is 5.28. The van der Waals surface area contributed by atoms with E-state index >= 15 is 0 Å². The maximum Gasteiger partial charge on any atom is 0.332 e. The second-order valence-electron chi connectivity index (χ2n) is 10.1. The molecule has 1 aliphatic heterocycles. The maximum atomic E-state index is 13.2. The Morgan fingerprint density at radius 2 is 1.92 bits per heavy atom. The Hall–Kier alpha value is -2.13. The van der Waals surface area contributed by atoms with Crippen molar-refractivity contribution in [3.63, 3.8) is 0 Å². The third kappa shape index (κ3) is 6.79. The first-order valence-corrected chi connectivity index (χ1v) is 13.7. The van der Waals surface area contributed by atoms with Crippen molar-refractivity contribution in [3.8, 4) is 5.69 Å². The predicted octanol–water partition coefficient (Wildman–Crippen LogP) is 3.78. The molecular weight excluding hydrogens is 480 g/mol. The monoisotopic (exact) mass is 518 g/mol. The molecule has 0 spiro atoms. The number of rotatable bonds is 9. The van der Waals surface area contributed by atoms with Crippen molar-refractivity contribution in [1.82, 2.24) is 19.8 Å². The molecule has 1 atom stereocenters. The Labute approximate surface area is 218 Å². The number of amides is 1. The minimum absolute atomic E-state index is 0.0523. The summed E-state index contributed by atoms with van der Waals surface area (Å²) in [4.78, 5) is 26.2. The summed E-state index contributed by atoms with van der Waals surface area (Å²) in [6, 6.07) is 4.96. The minimum Gasteiger partial charge on any atom is -0.378 e. The van der Waals surface area contributed by atoms with E-state index in [1.54, 1.807) is 29.0 Å². The molecular formula is C27H39ClN4O4. The van der Waals surface area contributed by atoms with Gasteiger partial charge in [-0.05, 0) is 70.3 Å². The summed E-state index contributed by atoms with van der Waals surface area (Å²) in [5, 5.41) is 17.0. The molecule has 9 heteroatoms. The molecule has 1 aliphatic carbocycles. The van der Waals surface area contributed by atoms with E-state index in [2.05, 4.69) is 10.6 Å². The van der Waals surface area contributed by atoms with Gasteiger partial charge >= 0.3 is 5.69 Å². The van der Waals surface area contributed by atoms with E-state index in [1.807, 2.05) is 6.92 Å². The van der Waals surface area contributed by atoms with E-state index in [0.717, 1.165) is 63.7 Å². The molecule has 2 heterocycles. The Balaban J connectivity index is 1.41. The van der Waals surface area contributed by atoms with Gasteiger partial charge in [-0.25, -0.2) is 4.79 Å². The molecule has 1 aromatic carbocycles. The van der Waals surface area contributed by atoms with Crippen molar-refractivity contribution in [2.45, 2.75) is 83.6 Å². The van der Waals surface area contributed by atoms with Crippen LogP contribution in [0.5, 0.6) is 0 Å². The highest BCUT2D eigenvalue weighted by Crippen LogP contribution is 2.26. The number of aromatic nitrogens is 2. The van der Waals surface area contributed by atoms with Gasteiger partial charge in [-0.15, -0.1) is 0 Å². The highest BCUT2D eigenvalue weighted by Gasteiger charge is 2.24. The smallest absolute Gasteiger partial charge is 0.332 e. The number of aliphatic hydroxyl groups is 1. The number of aryl methyl sites for hydroxylation is 1. The SMILES string of the molecule is Cc1cn(-c2ccc(Cl)c(C(=O)NC(O)C3CCCCCC3)c2)c(=O)n1CCCOC1CCNCC1. The quantitative estimate of drug-likeness (QED) is 0.267. The van der Waals surface area contributed by atoms with Gasteiger partial charge in [-0.1, -0.05) is 37.3 Å². The van der Waals surface area contributed by atoms with E-state index in [4.69, 9.17) is 16.3 Å². The fraction of sp³-hybridized carbons (Fsp3) is 0.630. The molecule has 1 aromatic heterocycles. The van der Waals surface area contributed by atoms with Gasteiger partial charge in [0.15, 0.2) is 0 Å². The number of hydrogen-bond acceptors (Lipinski definition) is 5. The number of ether oxygens (including phenoxy) is 1. The molecule has 4 rings (SSSR count). The summed E-state index contributed by atoms with van der Waals surface area (Å²) < 4.78 is 9.24. The van der Waals surface area contributed by atoms with Crippen LogP contribution < -0.4 is 16.3 Å². The van der Waals surface area contributed by atoms with Crippen LogP contribution in [0.1, 0.15) is 73.8 Å². The lowest BCUT2D eigenvalue weighted by Crippen LogP contribution is -2.40. The van der Waals surface area contributed by atoms with Crippen LogP contribution >= 0.6 is 11.6 Å². The molecule has 1 unspecified atom stereocenters. The average molecular weight is 519 g/mol. The summed E-state index contributed by atoms with van der Waals surface area (Å²) in [6.07, 6.45) is 10.3. The largest absolute Gasteiger partial charge is 0.378 e. The van der Waals surface area contributed by atoms with E-state index in [-0.39, 0.29) is 22.2 Å². The van der Waals surface area contributed by atoms with Gasteiger partial charge in [0, 0.05) is 31.0 Å². The lowest BCUT2D eigenvalue weighted by Gasteiger charge is -2.22. The highest BCUT2D eigenvalue weighted by molar-refractivity contribution is 6.33. The first-order chi connectivity index (χ1) is 17.4. The number of imidazole rings is 1. The van der Waals surface area contributed by atoms with E-state index in [9.17, 15) is 14.7 Å². The molecule has 198 valence electrons. The van der Waals surface area contributed by atoms with E-state index in [1.165, 1.54) is 17.4 Å². The molecule has 2 aliphatic rings.